The highest BCUT2D eigenvalue weighted by atomic mass is 35.5. The molecule has 30 heavy (non-hydrogen) atoms. The second-order valence-corrected chi connectivity index (χ2v) is 8.56. The highest BCUT2D eigenvalue weighted by Gasteiger charge is 2.29. The first kappa shape index (κ1) is 21.0. The molecular formula is C24H24Cl2N2O2. The number of aromatic nitrogens is 1. The topological polar surface area (TPSA) is 42.4 Å². The number of rotatable bonds is 7. The summed E-state index contributed by atoms with van der Waals surface area (Å²) in [5.41, 5.74) is 2.81. The largest absolute Gasteiger partial charge is 0.497 e. The molecule has 0 unspecified atom stereocenters. The molecule has 0 atom stereocenters. The zero-order valence-corrected chi connectivity index (χ0v) is 18.4. The van der Waals surface area contributed by atoms with Crippen molar-refractivity contribution < 1.29 is 9.53 Å². The van der Waals surface area contributed by atoms with Crippen molar-refractivity contribution in [3.05, 3.63) is 69.8 Å². The minimum Gasteiger partial charge on any atom is -0.497 e. The SMILES string of the molecule is COc1ccc2nc(Cl)c(CN(CCc3ccc(Cl)cc3)C(=O)C3CCC3)cc2c1. The number of halogens is 2. The summed E-state index contributed by atoms with van der Waals surface area (Å²) >= 11 is 12.5. The first-order valence-corrected chi connectivity index (χ1v) is 11.0. The van der Waals surface area contributed by atoms with Gasteiger partial charge in [-0.2, -0.15) is 0 Å². The van der Waals surface area contributed by atoms with Gasteiger partial charge in [0.15, 0.2) is 0 Å². The molecule has 0 bridgehead atoms. The lowest BCUT2D eigenvalue weighted by Gasteiger charge is -2.32. The number of methoxy groups -OCH3 is 1. The third kappa shape index (κ3) is 4.71. The van der Waals surface area contributed by atoms with Crippen LogP contribution in [0.1, 0.15) is 30.4 Å². The molecule has 1 saturated carbocycles. The highest BCUT2D eigenvalue weighted by Crippen LogP contribution is 2.30. The first-order valence-electron chi connectivity index (χ1n) is 10.2. The van der Waals surface area contributed by atoms with Crippen molar-refractivity contribution in [2.24, 2.45) is 5.92 Å². The van der Waals surface area contributed by atoms with Crippen LogP contribution in [0.3, 0.4) is 0 Å². The van der Waals surface area contributed by atoms with Gasteiger partial charge in [-0.25, -0.2) is 4.98 Å². The predicted octanol–water partition coefficient (Wildman–Crippen LogP) is 5.92. The maximum Gasteiger partial charge on any atom is 0.225 e. The number of benzene rings is 2. The van der Waals surface area contributed by atoms with Crippen LogP contribution in [-0.4, -0.2) is 29.4 Å². The van der Waals surface area contributed by atoms with Crippen LogP contribution >= 0.6 is 23.2 Å². The molecule has 156 valence electrons. The van der Waals surface area contributed by atoms with Crippen LogP contribution in [0.15, 0.2) is 48.5 Å². The molecule has 1 aliphatic rings. The van der Waals surface area contributed by atoms with Crippen LogP contribution in [-0.2, 0) is 17.8 Å². The fourth-order valence-corrected chi connectivity index (χ4v) is 4.05. The standard InChI is InChI=1S/C24H24Cl2N2O2/c1-30-21-9-10-22-18(14-21)13-19(23(26)27-22)15-28(24(29)17-3-2-4-17)12-11-16-5-7-20(25)8-6-16/h5-10,13-14,17H,2-4,11-12,15H2,1H3. The van der Waals surface area contributed by atoms with Crippen LogP contribution in [0.2, 0.25) is 10.2 Å². The molecule has 0 N–H and O–H groups in total. The molecule has 0 saturated heterocycles. The average molecular weight is 443 g/mol. The van der Waals surface area contributed by atoms with E-state index in [1.54, 1.807) is 7.11 Å². The summed E-state index contributed by atoms with van der Waals surface area (Å²) in [4.78, 5) is 19.6. The van der Waals surface area contributed by atoms with Gasteiger partial charge in [-0.3, -0.25) is 4.79 Å². The van der Waals surface area contributed by atoms with Crippen LogP contribution in [0, 0.1) is 5.92 Å². The maximum absolute atomic E-state index is 13.1. The Morgan fingerprint density at radius 1 is 1.13 bits per heavy atom. The molecule has 2 aromatic carbocycles. The van der Waals surface area contributed by atoms with E-state index < -0.39 is 0 Å². The number of amides is 1. The monoisotopic (exact) mass is 442 g/mol. The Balaban J connectivity index is 1.57. The first-order chi connectivity index (χ1) is 14.5. The predicted molar refractivity (Wildman–Crippen MR) is 121 cm³/mol. The Kier molecular flexibility index (Phi) is 6.45. The number of hydrogen-bond donors (Lipinski definition) is 0. The van der Waals surface area contributed by atoms with Gasteiger partial charge in [0.05, 0.1) is 12.6 Å². The van der Waals surface area contributed by atoms with Crippen molar-refractivity contribution >= 4 is 40.0 Å². The van der Waals surface area contributed by atoms with E-state index in [1.165, 1.54) is 0 Å². The van der Waals surface area contributed by atoms with E-state index in [4.69, 9.17) is 27.9 Å². The fourth-order valence-electron chi connectivity index (χ4n) is 3.71. The Morgan fingerprint density at radius 2 is 1.90 bits per heavy atom. The van der Waals surface area contributed by atoms with Crippen molar-refractivity contribution in [1.29, 1.82) is 0 Å². The molecule has 1 fully saturated rings. The van der Waals surface area contributed by atoms with E-state index in [0.29, 0.717) is 23.3 Å². The smallest absolute Gasteiger partial charge is 0.225 e. The van der Waals surface area contributed by atoms with Gasteiger partial charge in [0.2, 0.25) is 5.91 Å². The molecule has 4 rings (SSSR count). The van der Waals surface area contributed by atoms with Gasteiger partial charge in [-0.15, -0.1) is 0 Å². The van der Waals surface area contributed by atoms with Gasteiger partial charge in [0, 0.05) is 35.0 Å². The fraction of sp³-hybridized carbons (Fsp3) is 0.333. The second kappa shape index (κ2) is 9.23. The summed E-state index contributed by atoms with van der Waals surface area (Å²) in [7, 11) is 1.64. The van der Waals surface area contributed by atoms with E-state index in [-0.39, 0.29) is 11.8 Å². The molecule has 1 aromatic heterocycles. The summed E-state index contributed by atoms with van der Waals surface area (Å²) in [6, 6.07) is 15.5. The number of hydrogen-bond acceptors (Lipinski definition) is 3. The van der Waals surface area contributed by atoms with Gasteiger partial charge in [-0.1, -0.05) is 41.8 Å². The van der Waals surface area contributed by atoms with Gasteiger partial charge < -0.3 is 9.64 Å². The highest BCUT2D eigenvalue weighted by molar-refractivity contribution is 6.30. The lowest BCUT2D eigenvalue weighted by Crippen LogP contribution is -2.39. The summed E-state index contributed by atoms with van der Waals surface area (Å²) < 4.78 is 5.33. The van der Waals surface area contributed by atoms with Crippen molar-refractivity contribution in [3.8, 4) is 5.75 Å². The molecule has 6 heteroatoms. The summed E-state index contributed by atoms with van der Waals surface area (Å²) in [6.07, 6.45) is 3.83. The molecule has 1 heterocycles. The number of fused-ring (bicyclic) bond motifs is 1. The lowest BCUT2D eigenvalue weighted by molar-refractivity contribution is -0.138. The van der Waals surface area contributed by atoms with E-state index >= 15 is 0 Å². The van der Waals surface area contributed by atoms with Crippen molar-refractivity contribution in [2.75, 3.05) is 13.7 Å². The number of carbonyl (C=O) groups is 1. The minimum atomic E-state index is 0.127. The third-order valence-electron chi connectivity index (χ3n) is 5.76. The Morgan fingerprint density at radius 3 is 2.57 bits per heavy atom. The third-order valence-corrected chi connectivity index (χ3v) is 6.34. The molecule has 0 aliphatic heterocycles. The van der Waals surface area contributed by atoms with E-state index in [1.807, 2.05) is 53.4 Å². The van der Waals surface area contributed by atoms with Gasteiger partial charge in [0.25, 0.3) is 0 Å². The quantitative estimate of drug-likeness (QED) is 0.426. The summed E-state index contributed by atoms with van der Waals surface area (Å²) in [5, 5.41) is 2.10. The van der Waals surface area contributed by atoms with Gasteiger partial charge in [-0.05, 0) is 61.2 Å². The van der Waals surface area contributed by atoms with Gasteiger partial charge in [0.1, 0.15) is 10.9 Å². The number of pyridine rings is 1. The molecule has 3 aromatic rings. The van der Waals surface area contributed by atoms with E-state index in [9.17, 15) is 4.79 Å². The number of ether oxygens (including phenoxy) is 1. The zero-order chi connectivity index (χ0) is 21.1. The van der Waals surface area contributed by atoms with Crippen molar-refractivity contribution in [3.63, 3.8) is 0 Å². The normalized spacial score (nSPS) is 13.8. The number of nitrogens with zero attached hydrogens (tertiary/aromatic N) is 2. The van der Waals surface area contributed by atoms with Crippen LogP contribution < -0.4 is 4.74 Å². The number of carbonyl (C=O) groups excluding carboxylic acids is 1. The van der Waals surface area contributed by atoms with Crippen LogP contribution in [0.4, 0.5) is 0 Å². The summed E-state index contributed by atoms with van der Waals surface area (Å²) in [6.45, 7) is 1.07. The van der Waals surface area contributed by atoms with E-state index in [0.717, 1.165) is 53.5 Å². The average Bonchev–Trinajstić information content (AvgIpc) is 2.70. The van der Waals surface area contributed by atoms with Gasteiger partial charge >= 0.3 is 0 Å². The molecule has 0 radical (unpaired) electrons. The molecule has 0 spiro atoms. The van der Waals surface area contributed by atoms with E-state index in [2.05, 4.69) is 4.98 Å². The Labute approximate surface area is 186 Å². The zero-order valence-electron chi connectivity index (χ0n) is 16.9. The Bertz CT molecular complexity index is 1050. The maximum atomic E-state index is 13.1. The lowest BCUT2D eigenvalue weighted by atomic mass is 9.84. The second-order valence-electron chi connectivity index (χ2n) is 7.76. The molecule has 1 amide bonds. The molecule has 1 aliphatic carbocycles. The van der Waals surface area contributed by atoms with Crippen molar-refractivity contribution in [1.82, 2.24) is 9.88 Å². The van der Waals surface area contributed by atoms with Crippen LogP contribution in [0.25, 0.3) is 10.9 Å². The van der Waals surface area contributed by atoms with Crippen LogP contribution in [0.5, 0.6) is 5.75 Å². The minimum absolute atomic E-state index is 0.127. The summed E-state index contributed by atoms with van der Waals surface area (Å²) in [5.74, 6) is 1.10. The molecule has 4 nitrogen and oxygen atoms in total. The van der Waals surface area contributed by atoms with Crippen molar-refractivity contribution in [2.45, 2.75) is 32.2 Å². The Hall–Kier alpha value is -2.30. The molecular weight excluding hydrogens is 419 g/mol.